The van der Waals surface area contributed by atoms with Gasteiger partial charge in [-0.25, -0.2) is 8.78 Å². The first-order chi connectivity index (χ1) is 10.0. The molecule has 5 heteroatoms. The van der Waals surface area contributed by atoms with Crippen LogP contribution in [-0.2, 0) is 6.42 Å². The predicted octanol–water partition coefficient (Wildman–Crippen LogP) is 3.41. The fraction of sp³-hybridized carbons (Fsp3) is 0.188. The zero-order valence-corrected chi connectivity index (χ0v) is 11.7. The molecule has 0 aliphatic carbocycles. The first-order valence-corrected chi connectivity index (χ1v) is 6.24. The zero-order valence-electron chi connectivity index (χ0n) is 11.7. The Labute approximate surface area is 121 Å². The Hall–Kier alpha value is -2.43. The molecule has 0 fully saturated rings. The molecule has 0 saturated carbocycles. The minimum absolute atomic E-state index is 0.0211. The average molecular weight is 292 g/mol. The number of ketones is 1. The molecule has 2 aromatic carbocycles. The van der Waals surface area contributed by atoms with Gasteiger partial charge in [0, 0.05) is 12.0 Å². The minimum Gasteiger partial charge on any atom is -0.493 e. The quantitative estimate of drug-likeness (QED) is 0.792. The summed E-state index contributed by atoms with van der Waals surface area (Å²) in [6, 6.07) is 8.19. The number of hydrogen-bond acceptors (Lipinski definition) is 3. The minimum atomic E-state index is -0.965. The maximum Gasteiger partial charge on any atom is 0.167 e. The van der Waals surface area contributed by atoms with Gasteiger partial charge >= 0.3 is 0 Å². The lowest BCUT2D eigenvalue weighted by atomic mass is 10.0. The molecular formula is C16H14F2O3. The lowest BCUT2D eigenvalue weighted by Gasteiger charge is -2.09. The molecule has 0 aromatic heterocycles. The van der Waals surface area contributed by atoms with Crippen LogP contribution in [0.4, 0.5) is 8.78 Å². The van der Waals surface area contributed by atoms with Crippen molar-refractivity contribution in [2.75, 3.05) is 14.2 Å². The van der Waals surface area contributed by atoms with Gasteiger partial charge in [-0.15, -0.1) is 0 Å². The summed E-state index contributed by atoms with van der Waals surface area (Å²) < 4.78 is 36.2. The van der Waals surface area contributed by atoms with E-state index >= 15 is 0 Å². The van der Waals surface area contributed by atoms with Crippen molar-refractivity contribution in [3.05, 3.63) is 59.2 Å². The van der Waals surface area contributed by atoms with Gasteiger partial charge in [-0.05, 0) is 35.9 Å². The summed E-state index contributed by atoms with van der Waals surface area (Å²) >= 11 is 0. The summed E-state index contributed by atoms with van der Waals surface area (Å²) in [6.07, 6.45) is -0.0211. The van der Waals surface area contributed by atoms with Crippen LogP contribution in [0.3, 0.4) is 0 Å². The molecule has 0 radical (unpaired) electrons. The first-order valence-electron chi connectivity index (χ1n) is 6.24. The molecule has 0 N–H and O–H groups in total. The van der Waals surface area contributed by atoms with E-state index in [9.17, 15) is 13.6 Å². The second kappa shape index (κ2) is 6.35. The Morgan fingerprint density at radius 1 is 0.952 bits per heavy atom. The van der Waals surface area contributed by atoms with E-state index in [2.05, 4.69) is 0 Å². The summed E-state index contributed by atoms with van der Waals surface area (Å²) in [6.45, 7) is 0. The Balaban J connectivity index is 2.21. The number of methoxy groups -OCH3 is 2. The van der Waals surface area contributed by atoms with Crippen molar-refractivity contribution < 1.29 is 23.0 Å². The normalized spacial score (nSPS) is 10.3. The fourth-order valence-electron chi connectivity index (χ4n) is 1.95. The molecule has 0 amide bonds. The molecule has 21 heavy (non-hydrogen) atoms. The fourth-order valence-corrected chi connectivity index (χ4v) is 1.95. The van der Waals surface area contributed by atoms with Crippen LogP contribution >= 0.6 is 0 Å². The van der Waals surface area contributed by atoms with Gasteiger partial charge in [0.1, 0.15) is 0 Å². The summed E-state index contributed by atoms with van der Waals surface area (Å²) in [5.74, 6) is -1.16. The molecule has 0 spiro atoms. The highest BCUT2D eigenvalue weighted by molar-refractivity contribution is 5.98. The van der Waals surface area contributed by atoms with E-state index in [1.165, 1.54) is 20.3 Å². The average Bonchev–Trinajstić information content (AvgIpc) is 2.50. The van der Waals surface area contributed by atoms with Crippen LogP contribution in [0.15, 0.2) is 36.4 Å². The Morgan fingerprint density at radius 2 is 1.67 bits per heavy atom. The van der Waals surface area contributed by atoms with Crippen molar-refractivity contribution in [3.63, 3.8) is 0 Å². The number of hydrogen-bond donors (Lipinski definition) is 0. The van der Waals surface area contributed by atoms with E-state index in [0.29, 0.717) is 22.6 Å². The molecule has 3 nitrogen and oxygen atoms in total. The van der Waals surface area contributed by atoms with Gasteiger partial charge in [0.2, 0.25) is 0 Å². The van der Waals surface area contributed by atoms with Crippen LogP contribution in [0.5, 0.6) is 11.5 Å². The predicted molar refractivity (Wildman–Crippen MR) is 73.9 cm³/mol. The Kier molecular flexibility index (Phi) is 4.52. The molecule has 0 saturated heterocycles. The van der Waals surface area contributed by atoms with Gasteiger partial charge in [0.25, 0.3) is 0 Å². The van der Waals surface area contributed by atoms with Crippen molar-refractivity contribution in [2.45, 2.75) is 6.42 Å². The van der Waals surface area contributed by atoms with E-state index in [-0.39, 0.29) is 12.2 Å². The molecule has 0 aliphatic heterocycles. The number of ether oxygens (including phenoxy) is 2. The van der Waals surface area contributed by atoms with Gasteiger partial charge < -0.3 is 9.47 Å². The van der Waals surface area contributed by atoms with Crippen LogP contribution in [0.2, 0.25) is 0 Å². The summed E-state index contributed by atoms with van der Waals surface area (Å²) in [4.78, 5) is 12.2. The van der Waals surface area contributed by atoms with E-state index in [1.807, 2.05) is 0 Å². The highest BCUT2D eigenvalue weighted by atomic mass is 19.2. The second-order valence-corrected chi connectivity index (χ2v) is 4.42. The maximum atomic E-state index is 13.1. The third-order valence-electron chi connectivity index (χ3n) is 3.05. The van der Waals surface area contributed by atoms with Crippen LogP contribution < -0.4 is 9.47 Å². The summed E-state index contributed by atoms with van der Waals surface area (Å²) in [5.41, 5.74) is 0.825. The Morgan fingerprint density at radius 3 is 2.29 bits per heavy atom. The third-order valence-corrected chi connectivity index (χ3v) is 3.05. The van der Waals surface area contributed by atoms with Crippen LogP contribution in [0.1, 0.15) is 15.9 Å². The molecule has 2 aromatic rings. The smallest absolute Gasteiger partial charge is 0.167 e. The van der Waals surface area contributed by atoms with E-state index < -0.39 is 11.6 Å². The Bertz CT molecular complexity index is 669. The van der Waals surface area contributed by atoms with E-state index in [4.69, 9.17) is 9.47 Å². The number of benzene rings is 2. The molecule has 110 valence electrons. The van der Waals surface area contributed by atoms with Gasteiger partial charge in [-0.3, -0.25) is 4.79 Å². The molecule has 2 rings (SSSR count). The standard InChI is InChI=1S/C16H14F2O3/c1-20-15-6-4-11(9-16(15)21-2)14(19)8-10-3-5-12(17)13(18)7-10/h3-7,9H,8H2,1-2H3. The van der Waals surface area contributed by atoms with Gasteiger partial charge in [-0.1, -0.05) is 6.07 Å². The van der Waals surface area contributed by atoms with Crippen LogP contribution in [0, 0.1) is 11.6 Å². The number of halogens is 2. The molecule has 0 bridgehead atoms. The van der Waals surface area contributed by atoms with Gasteiger partial charge in [-0.2, -0.15) is 0 Å². The molecular weight excluding hydrogens is 278 g/mol. The highest BCUT2D eigenvalue weighted by Crippen LogP contribution is 2.28. The second-order valence-electron chi connectivity index (χ2n) is 4.42. The largest absolute Gasteiger partial charge is 0.493 e. The topological polar surface area (TPSA) is 35.5 Å². The number of carbonyl (C=O) groups excluding carboxylic acids is 1. The number of rotatable bonds is 5. The maximum absolute atomic E-state index is 13.1. The van der Waals surface area contributed by atoms with Crippen molar-refractivity contribution in [3.8, 4) is 11.5 Å². The molecule has 0 aliphatic rings. The van der Waals surface area contributed by atoms with Crippen molar-refractivity contribution in [1.82, 2.24) is 0 Å². The third kappa shape index (κ3) is 3.37. The highest BCUT2D eigenvalue weighted by Gasteiger charge is 2.12. The first kappa shape index (κ1) is 15.0. The van der Waals surface area contributed by atoms with E-state index in [0.717, 1.165) is 12.1 Å². The molecule has 0 atom stereocenters. The lowest BCUT2D eigenvalue weighted by molar-refractivity contribution is 0.0992. The molecule has 0 heterocycles. The van der Waals surface area contributed by atoms with Crippen LogP contribution in [-0.4, -0.2) is 20.0 Å². The van der Waals surface area contributed by atoms with Gasteiger partial charge in [0.15, 0.2) is 28.9 Å². The van der Waals surface area contributed by atoms with Crippen LogP contribution in [0.25, 0.3) is 0 Å². The SMILES string of the molecule is COc1ccc(C(=O)Cc2ccc(F)c(F)c2)cc1OC. The summed E-state index contributed by atoms with van der Waals surface area (Å²) in [5, 5.41) is 0. The van der Waals surface area contributed by atoms with Crippen molar-refractivity contribution in [2.24, 2.45) is 0 Å². The number of carbonyl (C=O) groups is 1. The zero-order chi connectivity index (χ0) is 15.4. The number of Topliss-reactive ketones (excluding diaryl/α,β-unsaturated/α-hetero) is 1. The van der Waals surface area contributed by atoms with E-state index in [1.54, 1.807) is 18.2 Å². The van der Waals surface area contributed by atoms with Crippen molar-refractivity contribution >= 4 is 5.78 Å². The van der Waals surface area contributed by atoms with Gasteiger partial charge in [0.05, 0.1) is 14.2 Å². The summed E-state index contributed by atoms with van der Waals surface area (Å²) in [7, 11) is 2.97. The monoisotopic (exact) mass is 292 g/mol. The molecule has 0 unspecified atom stereocenters. The lowest BCUT2D eigenvalue weighted by Crippen LogP contribution is -2.05. The van der Waals surface area contributed by atoms with Crippen molar-refractivity contribution in [1.29, 1.82) is 0 Å².